The van der Waals surface area contributed by atoms with E-state index in [1.807, 2.05) is 0 Å². The van der Waals surface area contributed by atoms with Crippen molar-refractivity contribution in [2.24, 2.45) is 0 Å². The minimum Gasteiger partial charge on any atom is -0.335 e. The van der Waals surface area contributed by atoms with E-state index in [-0.39, 0.29) is 23.1 Å². The number of fused-ring (bicyclic) bond motifs is 10. The standard InChI is InChI=1S/C50H48BN3/c1-31-17-21-34(22-18-31)52(35-23-19-32(2)20-24-35)36-29-43-45-44(30-36)54-47-39(49(6)25-10-11-26-50(49,54)7)27-33(48(3,4)5)28-41(47)51(45)40-15-12-14-38-37-13-8-9-16-42(37)53(43)46(38)40/h8-9,12-24,27-30H,10-11,25-26H2,1-7H3. The molecular weight excluding hydrogens is 653 g/mol. The normalized spacial score (nSPS) is 20.6. The maximum atomic E-state index is 2.88. The highest BCUT2D eigenvalue weighted by molar-refractivity contribution is 7.00. The number of anilines is 5. The molecule has 4 aliphatic rings. The SMILES string of the molecule is Cc1ccc(N(c2ccc(C)cc2)c2cc3c4c(c2)-n2c5ccccc5c5cccc(c52)B4c2cc(C(C)(C)C)cc4c2N3C2(C)CCCCC42C)cc1. The molecule has 3 aliphatic heterocycles. The third-order valence-corrected chi connectivity index (χ3v) is 14.2. The highest BCUT2D eigenvalue weighted by Gasteiger charge is 2.61. The van der Waals surface area contributed by atoms with Gasteiger partial charge in [-0.05, 0) is 109 Å². The smallest absolute Gasteiger partial charge is 0.252 e. The lowest BCUT2D eigenvalue weighted by molar-refractivity contribution is 0.195. The van der Waals surface area contributed by atoms with Gasteiger partial charge in [0.05, 0.1) is 16.7 Å². The first-order valence-corrected chi connectivity index (χ1v) is 20.1. The van der Waals surface area contributed by atoms with Crippen LogP contribution in [0.4, 0.5) is 28.4 Å². The maximum absolute atomic E-state index is 2.88. The molecule has 0 amide bonds. The van der Waals surface area contributed by atoms with Crippen molar-refractivity contribution >= 4 is 73.3 Å². The quantitative estimate of drug-likeness (QED) is 0.170. The molecule has 2 atom stereocenters. The molecule has 1 aromatic heterocycles. The zero-order valence-electron chi connectivity index (χ0n) is 32.7. The van der Waals surface area contributed by atoms with E-state index in [1.54, 1.807) is 5.56 Å². The number of para-hydroxylation sites is 2. The summed E-state index contributed by atoms with van der Waals surface area (Å²) >= 11 is 0. The summed E-state index contributed by atoms with van der Waals surface area (Å²) in [5.41, 5.74) is 20.3. The van der Waals surface area contributed by atoms with Crippen LogP contribution in [0, 0.1) is 13.8 Å². The molecule has 54 heavy (non-hydrogen) atoms. The Labute approximate surface area is 320 Å². The van der Waals surface area contributed by atoms with E-state index < -0.39 is 0 Å². The van der Waals surface area contributed by atoms with Crippen molar-refractivity contribution in [3.05, 3.63) is 138 Å². The number of hydrogen-bond donors (Lipinski definition) is 0. The summed E-state index contributed by atoms with van der Waals surface area (Å²) in [4.78, 5) is 5.37. The molecule has 0 radical (unpaired) electrons. The fraction of sp³-hybridized carbons (Fsp3) is 0.280. The number of rotatable bonds is 3. The van der Waals surface area contributed by atoms with E-state index in [1.165, 1.54) is 115 Å². The molecule has 3 nitrogen and oxygen atoms in total. The van der Waals surface area contributed by atoms with Gasteiger partial charge in [-0.15, -0.1) is 0 Å². The van der Waals surface area contributed by atoms with Gasteiger partial charge < -0.3 is 14.4 Å². The van der Waals surface area contributed by atoms with E-state index in [4.69, 9.17) is 0 Å². The van der Waals surface area contributed by atoms with Crippen molar-refractivity contribution < 1.29 is 0 Å². The number of hydrogen-bond acceptors (Lipinski definition) is 2. The third kappa shape index (κ3) is 4.04. The van der Waals surface area contributed by atoms with E-state index in [0.717, 1.165) is 0 Å². The average molecular weight is 702 g/mol. The van der Waals surface area contributed by atoms with Crippen molar-refractivity contribution in [3.63, 3.8) is 0 Å². The summed E-state index contributed by atoms with van der Waals surface area (Å²) in [6, 6.07) is 44.6. The average Bonchev–Trinajstić information content (AvgIpc) is 3.61. The molecule has 0 N–H and O–H groups in total. The molecule has 1 saturated carbocycles. The molecule has 1 fully saturated rings. The summed E-state index contributed by atoms with van der Waals surface area (Å²) in [5.74, 6) is 0. The van der Waals surface area contributed by atoms with Crippen LogP contribution in [0.3, 0.4) is 0 Å². The molecular formula is C50H48BN3. The maximum Gasteiger partial charge on any atom is 0.252 e. The molecule has 6 aromatic carbocycles. The fourth-order valence-electron chi connectivity index (χ4n) is 11.1. The summed E-state index contributed by atoms with van der Waals surface area (Å²) in [7, 11) is 0. The molecule has 4 heteroatoms. The van der Waals surface area contributed by atoms with Crippen molar-refractivity contribution in [3.8, 4) is 5.69 Å². The minimum absolute atomic E-state index is 0.0332. The molecule has 4 heterocycles. The molecule has 7 aromatic rings. The first kappa shape index (κ1) is 32.2. The lowest BCUT2D eigenvalue weighted by Gasteiger charge is -2.52. The van der Waals surface area contributed by atoms with E-state index >= 15 is 0 Å². The van der Waals surface area contributed by atoms with Crippen molar-refractivity contribution in [1.29, 1.82) is 0 Å². The zero-order valence-corrected chi connectivity index (χ0v) is 32.7. The van der Waals surface area contributed by atoms with Crippen LogP contribution in [0.2, 0.25) is 0 Å². The van der Waals surface area contributed by atoms with Crippen LogP contribution in [0.1, 0.15) is 82.6 Å². The topological polar surface area (TPSA) is 11.4 Å². The lowest BCUT2D eigenvalue weighted by atomic mass is 9.33. The minimum atomic E-state index is -0.0558. The Morgan fingerprint density at radius 2 is 1.30 bits per heavy atom. The number of benzene rings is 6. The molecule has 266 valence electrons. The summed E-state index contributed by atoms with van der Waals surface area (Å²) in [5, 5.41) is 2.66. The number of aryl methyl sites for hydroxylation is 2. The van der Waals surface area contributed by atoms with Crippen LogP contribution < -0.4 is 26.2 Å². The van der Waals surface area contributed by atoms with Crippen LogP contribution in [0.15, 0.2) is 115 Å². The molecule has 0 bridgehead atoms. The van der Waals surface area contributed by atoms with Gasteiger partial charge in [0, 0.05) is 50.1 Å². The van der Waals surface area contributed by atoms with Gasteiger partial charge in [-0.3, -0.25) is 0 Å². The molecule has 2 unspecified atom stereocenters. The second-order valence-corrected chi connectivity index (χ2v) is 18.3. The van der Waals surface area contributed by atoms with Crippen LogP contribution in [-0.4, -0.2) is 16.8 Å². The lowest BCUT2D eigenvalue weighted by Crippen LogP contribution is -2.64. The molecule has 0 saturated heterocycles. The van der Waals surface area contributed by atoms with Crippen molar-refractivity contribution in [2.75, 3.05) is 9.80 Å². The first-order chi connectivity index (χ1) is 26.0. The first-order valence-electron chi connectivity index (χ1n) is 20.1. The fourth-order valence-corrected chi connectivity index (χ4v) is 11.1. The Bertz CT molecular complexity index is 2670. The summed E-state index contributed by atoms with van der Waals surface area (Å²) in [6.07, 6.45) is 4.93. The second-order valence-electron chi connectivity index (χ2n) is 18.3. The number of nitrogens with zero attached hydrogens (tertiary/aromatic N) is 3. The van der Waals surface area contributed by atoms with Gasteiger partial charge in [-0.1, -0.05) is 124 Å². The van der Waals surface area contributed by atoms with E-state index in [0.29, 0.717) is 0 Å². The summed E-state index contributed by atoms with van der Waals surface area (Å²) in [6.45, 7) is 16.9. The second kappa shape index (κ2) is 10.7. The van der Waals surface area contributed by atoms with Gasteiger partial charge in [-0.2, -0.15) is 0 Å². The number of aromatic nitrogens is 1. The monoisotopic (exact) mass is 701 g/mol. The third-order valence-electron chi connectivity index (χ3n) is 14.2. The predicted octanol–water partition coefficient (Wildman–Crippen LogP) is 11.1. The van der Waals surface area contributed by atoms with Crippen molar-refractivity contribution in [1.82, 2.24) is 4.57 Å². The Balaban J connectivity index is 1.32. The van der Waals surface area contributed by atoms with Gasteiger partial charge in [0.2, 0.25) is 0 Å². The van der Waals surface area contributed by atoms with E-state index in [2.05, 4.69) is 178 Å². The summed E-state index contributed by atoms with van der Waals surface area (Å²) < 4.78 is 2.62. The van der Waals surface area contributed by atoms with Crippen LogP contribution in [-0.2, 0) is 10.8 Å². The highest BCUT2D eigenvalue weighted by atomic mass is 15.3. The Morgan fingerprint density at radius 1 is 0.648 bits per heavy atom. The Morgan fingerprint density at radius 3 is 2.00 bits per heavy atom. The van der Waals surface area contributed by atoms with Crippen LogP contribution in [0.25, 0.3) is 27.5 Å². The Kier molecular flexibility index (Phi) is 6.40. The highest BCUT2D eigenvalue weighted by Crippen LogP contribution is 2.62. The predicted molar refractivity (Wildman–Crippen MR) is 231 cm³/mol. The largest absolute Gasteiger partial charge is 0.335 e. The van der Waals surface area contributed by atoms with Gasteiger partial charge in [-0.25, -0.2) is 0 Å². The van der Waals surface area contributed by atoms with Crippen LogP contribution >= 0.6 is 0 Å². The molecule has 11 rings (SSSR count). The van der Waals surface area contributed by atoms with Crippen LogP contribution in [0.5, 0.6) is 0 Å². The van der Waals surface area contributed by atoms with E-state index in [9.17, 15) is 0 Å². The molecule has 1 aliphatic carbocycles. The zero-order chi connectivity index (χ0) is 36.9. The Hall–Kier alpha value is -5.22. The van der Waals surface area contributed by atoms with Gasteiger partial charge in [0.25, 0.3) is 6.71 Å². The van der Waals surface area contributed by atoms with Crippen molar-refractivity contribution in [2.45, 2.75) is 90.5 Å². The van der Waals surface area contributed by atoms with Gasteiger partial charge in [0.15, 0.2) is 0 Å². The molecule has 0 spiro atoms. The van der Waals surface area contributed by atoms with Gasteiger partial charge >= 0.3 is 0 Å². The van der Waals surface area contributed by atoms with Gasteiger partial charge in [0.1, 0.15) is 0 Å².